The van der Waals surface area contributed by atoms with Gasteiger partial charge in [0.2, 0.25) is 11.7 Å². The van der Waals surface area contributed by atoms with Gasteiger partial charge in [0.05, 0.1) is 13.2 Å². The Morgan fingerprint density at radius 1 is 0.771 bits per heavy atom. The summed E-state index contributed by atoms with van der Waals surface area (Å²) >= 11 is 0. The van der Waals surface area contributed by atoms with Crippen LogP contribution in [0.5, 0.6) is 11.5 Å². The van der Waals surface area contributed by atoms with Gasteiger partial charge in [0, 0.05) is 5.92 Å². The molecule has 0 aliphatic carbocycles. The monoisotopic (exact) mass is 472 g/mol. The molecule has 0 saturated carbocycles. The second kappa shape index (κ2) is 12.5. The van der Waals surface area contributed by atoms with Gasteiger partial charge in [-0.05, 0) is 41.8 Å². The summed E-state index contributed by atoms with van der Waals surface area (Å²) in [5, 5.41) is 7.79. The van der Waals surface area contributed by atoms with Gasteiger partial charge in [-0.15, -0.1) is 10.2 Å². The highest BCUT2D eigenvalue weighted by molar-refractivity contribution is 5.93. The van der Waals surface area contributed by atoms with E-state index < -0.39 is 0 Å². The normalized spacial score (nSPS) is 11.7. The first-order chi connectivity index (χ1) is 17.2. The van der Waals surface area contributed by atoms with Gasteiger partial charge in [0.1, 0.15) is 24.7 Å². The molecule has 0 radical (unpaired) electrons. The van der Waals surface area contributed by atoms with Crippen LogP contribution in [0, 0.1) is 5.92 Å². The van der Waals surface area contributed by atoms with Crippen molar-refractivity contribution in [3.63, 3.8) is 0 Å². The van der Waals surface area contributed by atoms with E-state index in [4.69, 9.17) is 18.6 Å². The second-order valence-corrected chi connectivity index (χ2v) is 8.13. The van der Waals surface area contributed by atoms with Crippen LogP contribution in [0.3, 0.4) is 0 Å². The third-order valence-electron chi connectivity index (χ3n) is 5.35. The van der Waals surface area contributed by atoms with E-state index in [0.29, 0.717) is 32.0 Å². The lowest BCUT2D eigenvalue weighted by atomic mass is 10.0. The number of aromatic nitrogens is 2. The maximum atomic E-state index is 12.6. The Hall–Kier alpha value is -3.97. The van der Waals surface area contributed by atoms with E-state index in [1.807, 2.05) is 91.9 Å². The van der Waals surface area contributed by atoms with Gasteiger partial charge in [-0.1, -0.05) is 67.6 Å². The Bertz CT molecular complexity index is 1180. The minimum Gasteiger partial charge on any atom is -0.494 e. The summed E-state index contributed by atoms with van der Waals surface area (Å²) in [6.45, 7) is 3.30. The number of Topliss-reactive ketones (excluding diaryl/α,β-unsaturated/α-hetero) is 1. The number of ether oxygens (including phenoxy) is 3. The fourth-order valence-electron chi connectivity index (χ4n) is 3.31. The van der Waals surface area contributed by atoms with Crippen LogP contribution in [0.25, 0.3) is 0 Å². The van der Waals surface area contributed by atoms with Crippen LogP contribution in [0.1, 0.15) is 41.0 Å². The number of ketones is 1. The zero-order valence-electron chi connectivity index (χ0n) is 19.6. The van der Waals surface area contributed by atoms with E-state index in [0.717, 1.165) is 16.9 Å². The summed E-state index contributed by atoms with van der Waals surface area (Å²) in [5.74, 6) is 1.23. The molecule has 0 fully saturated rings. The van der Waals surface area contributed by atoms with Crippen LogP contribution in [0.15, 0.2) is 89.3 Å². The van der Waals surface area contributed by atoms with Gasteiger partial charge in [0.25, 0.3) is 5.89 Å². The molecule has 7 nitrogen and oxygen atoms in total. The maximum absolute atomic E-state index is 12.6. The van der Waals surface area contributed by atoms with Crippen molar-refractivity contribution in [1.29, 1.82) is 0 Å². The molecular weight excluding hydrogens is 444 g/mol. The fourth-order valence-corrected chi connectivity index (χ4v) is 3.31. The molecule has 35 heavy (non-hydrogen) atoms. The van der Waals surface area contributed by atoms with Crippen molar-refractivity contribution < 1.29 is 23.4 Å². The van der Waals surface area contributed by atoms with E-state index in [1.54, 1.807) is 0 Å². The number of carbonyl (C=O) groups excluding carboxylic acids is 1. The van der Waals surface area contributed by atoms with Crippen LogP contribution >= 0.6 is 0 Å². The van der Waals surface area contributed by atoms with Gasteiger partial charge >= 0.3 is 0 Å². The minimum atomic E-state index is -0.318. The third kappa shape index (κ3) is 7.52. The molecule has 0 aliphatic heterocycles. The summed E-state index contributed by atoms with van der Waals surface area (Å²) in [7, 11) is 0. The molecule has 0 bridgehead atoms. The van der Waals surface area contributed by atoms with E-state index in [9.17, 15) is 4.79 Å². The Morgan fingerprint density at radius 3 is 2.03 bits per heavy atom. The van der Waals surface area contributed by atoms with Crippen molar-refractivity contribution in [3.8, 4) is 11.5 Å². The zero-order chi connectivity index (χ0) is 24.3. The molecule has 0 aliphatic rings. The van der Waals surface area contributed by atoms with Gasteiger partial charge < -0.3 is 18.6 Å². The summed E-state index contributed by atoms with van der Waals surface area (Å²) in [5.41, 5.74) is 2.16. The number of hydrogen-bond donors (Lipinski definition) is 0. The van der Waals surface area contributed by atoms with Gasteiger partial charge in [-0.2, -0.15) is 0 Å². The average molecular weight is 473 g/mol. The highest BCUT2D eigenvalue weighted by Gasteiger charge is 2.21. The van der Waals surface area contributed by atoms with E-state index in [2.05, 4.69) is 10.2 Å². The van der Waals surface area contributed by atoms with Crippen LogP contribution in [-0.4, -0.2) is 22.6 Å². The lowest BCUT2D eigenvalue weighted by Crippen LogP contribution is -2.15. The van der Waals surface area contributed by atoms with Gasteiger partial charge in [-0.3, -0.25) is 4.79 Å². The first-order valence-corrected chi connectivity index (χ1v) is 11.6. The number of benzene rings is 3. The number of hydrogen-bond acceptors (Lipinski definition) is 7. The molecule has 7 heteroatoms. The summed E-state index contributed by atoms with van der Waals surface area (Å²) in [6.07, 6.45) is 0.521. The molecule has 0 spiro atoms. The van der Waals surface area contributed by atoms with Crippen LogP contribution in [0.4, 0.5) is 0 Å². The second-order valence-electron chi connectivity index (χ2n) is 8.13. The SMILES string of the molecule is CC(CCOc1ccc(OCc2ccccc2)cc1)C(=O)c1nnc(COCc2ccccc2)o1. The van der Waals surface area contributed by atoms with E-state index in [1.165, 1.54) is 0 Å². The quantitative estimate of drug-likeness (QED) is 0.232. The molecule has 1 unspecified atom stereocenters. The Labute approximate surface area is 204 Å². The maximum Gasteiger partial charge on any atom is 0.284 e. The lowest BCUT2D eigenvalue weighted by molar-refractivity contribution is 0.0815. The van der Waals surface area contributed by atoms with Crippen molar-refractivity contribution in [1.82, 2.24) is 10.2 Å². The number of carbonyl (C=O) groups is 1. The third-order valence-corrected chi connectivity index (χ3v) is 5.35. The molecule has 180 valence electrons. The molecular formula is C28H28N2O5. The van der Waals surface area contributed by atoms with E-state index >= 15 is 0 Å². The van der Waals surface area contributed by atoms with Gasteiger partial charge in [-0.25, -0.2) is 0 Å². The van der Waals surface area contributed by atoms with Gasteiger partial charge in [0.15, 0.2) is 0 Å². The van der Waals surface area contributed by atoms with E-state index in [-0.39, 0.29) is 30.1 Å². The predicted octanol–water partition coefficient (Wildman–Crippen LogP) is 5.65. The Balaban J connectivity index is 1.16. The largest absolute Gasteiger partial charge is 0.494 e. The number of rotatable bonds is 13. The number of nitrogens with zero attached hydrogens (tertiary/aromatic N) is 2. The molecule has 4 aromatic rings. The Morgan fingerprint density at radius 2 is 1.37 bits per heavy atom. The fraction of sp³-hybridized carbons (Fsp3) is 0.250. The van der Waals surface area contributed by atoms with Crippen molar-refractivity contribution in [2.45, 2.75) is 33.2 Å². The average Bonchev–Trinajstić information content (AvgIpc) is 3.38. The standard InChI is InChI=1S/C28H28N2O5/c1-21(27(31)28-30-29-26(35-28)20-32-18-22-8-4-2-5-9-22)16-17-33-24-12-14-25(15-13-24)34-19-23-10-6-3-7-11-23/h2-15,21H,16-20H2,1H3. The molecule has 3 aromatic carbocycles. The highest BCUT2D eigenvalue weighted by atomic mass is 16.5. The first-order valence-electron chi connectivity index (χ1n) is 11.6. The highest BCUT2D eigenvalue weighted by Crippen LogP contribution is 2.20. The molecule has 4 rings (SSSR count). The lowest BCUT2D eigenvalue weighted by Gasteiger charge is -2.11. The van der Waals surface area contributed by atoms with Crippen LogP contribution in [0.2, 0.25) is 0 Å². The van der Waals surface area contributed by atoms with Crippen molar-refractivity contribution in [2.75, 3.05) is 6.61 Å². The molecule has 0 amide bonds. The predicted molar refractivity (Wildman–Crippen MR) is 130 cm³/mol. The Kier molecular flexibility index (Phi) is 8.62. The summed E-state index contributed by atoms with van der Waals surface area (Å²) in [6, 6.07) is 27.2. The topological polar surface area (TPSA) is 83.7 Å². The van der Waals surface area contributed by atoms with Crippen LogP contribution < -0.4 is 9.47 Å². The summed E-state index contributed by atoms with van der Waals surface area (Å²) < 4.78 is 22.6. The van der Waals surface area contributed by atoms with Crippen molar-refractivity contribution >= 4 is 5.78 Å². The molecule has 0 N–H and O–H groups in total. The van der Waals surface area contributed by atoms with Crippen molar-refractivity contribution in [3.05, 3.63) is 108 Å². The molecule has 1 atom stereocenters. The first kappa shape index (κ1) is 24.2. The molecule has 1 heterocycles. The molecule has 0 saturated heterocycles. The smallest absolute Gasteiger partial charge is 0.284 e. The summed E-state index contributed by atoms with van der Waals surface area (Å²) in [4.78, 5) is 12.6. The molecule has 1 aromatic heterocycles. The minimum absolute atomic E-state index is 0.00395. The van der Waals surface area contributed by atoms with Crippen LogP contribution in [-0.2, 0) is 24.6 Å². The zero-order valence-corrected chi connectivity index (χ0v) is 19.6. The van der Waals surface area contributed by atoms with Crippen molar-refractivity contribution in [2.24, 2.45) is 5.92 Å².